The largest absolute Gasteiger partial charge is 0.340 e. The Labute approximate surface area is 184 Å². The van der Waals surface area contributed by atoms with E-state index in [-0.39, 0.29) is 16.7 Å². The van der Waals surface area contributed by atoms with Crippen LogP contribution in [0, 0.1) is 28.6 Å². The first-order chi connectivity index (χ1) is 14.9. The van der Waals surface area contributed by atoms with E-state index in [2.05, 4.69) is 36.0 Å². The molecule has 3 heterocycles. The molecule has 5 nitrogen and oxygen atoms in total. The minimum Gasteiger partial charge on any atom is -0.340 e. The van der Waals surface area contributed by atoms with Crippen LogP contribution in [-0.4, -0.2) is 38.8 Å². The van der Waals surface area contributed by atoms with Gasteiger partial charge in [0.15, 0.2) is 5.65 Å². The summed E-state index contributed by atoms with van der Waals surface area (Å²) in [6.07, 6.45) is 14.7. The third-order valence-electron chi connectivity index (χ3n) is 9.98. The van der Waals surface area contributed by atoms with Gasteiger partial charge in [-0.1, -0.05) is 26.3 Å². The Kier molecular flexibility index (Phi) is 4.19. The molecule has 3 saturated carbocycles. The minimum atomic E-state index is 0.114. The molecule has 4 aliphatic rings. The number of aromatic nitrogens is 3. The van der Waals surface area contributed by atoms with Gasteiger partial charge in [0.1, 0.15) is 5.82 Å². The average molecular weight is 419 g/mol. The molecule has 31 heavy (non-hydrogen) atoms. The lowest BCUT2D eigenvalue weighted by molar-refractivity contribution is -0.142. The number of nitrogens with one attached hydrogen (secondary N) is 1. The number of aromatic amines is 1. The maximum atomic E-state index is 12.3. The summed E-state index contributed by atoms with van der Waals surface area (Å²) in [5.41, 5.74) is 2.31. The lowest BCUT2D eigenvalue weighted by Crippen LogP contribution is -2.60. The summed E-state index contributed by atoms with van der Waals surface area (Å²) in [4.78, 5) is 27.4. The summed E-state index contributed by atoms with van der Waals surface area (Å²) in [6.45, 7) is 4.99. The van der Waals surface area contributed by atoms with Crippen LogP contribution >= 0.6 is 0 Å². The van der Waals surface area contributed by atoms with E-state index in [1.807, 2.05) is 30.3 Å². The van der Waals surface area contributed by atoms with Crippen molar-refractivity contribution in [2.45, 2.75) is 70.8 Å². The fourth-order valence-electron chi connectivity index (χ4n) is 8.41. The van der Waals surface area contributed by atoms with Crippen molar-refractivity contribution in [2.75, 3.05) is 7.05 Å². The van der Waals surface area contributed by atoms with Crippen molar-refractivity contribution in [3.05, 3.63) is 36.3 Å². The Morgan fingerprint density at radius 1 is 1.13 bits per heavy atom. The second-order valence-corrected chi connectivity index (χ2v) is 11.1. The highest BCUT2D eigenvalue weighted by Gasteiger charge is 2.59. The molecule has 7 atom stereocenters. The van der Waals surface area contributed by atoms with Gasteiger partial charge in [0.25, 0.3) is 0 Å². The number of hydrogen-bond acceptors (Lipinski definition) is 3. The molecule has 0 saturated heterocycles. The second kappa shape index (κ2) is 6.66. The predicted molar refractivity (Wildman–Crippen MR) is 121 cm³/mol. The van der Waals surface area contributed by atoms with Crippen molar-refractivity contribution in [2.24, 2.45) is 28.6 Å². The van der Waals surface area contributed by atoms with Crippen LogP contribution in [-0.2, 0) is 4.79 Å². The fourth-order valence-corrected chi connectivity index (χ4v) is 8.41. The molecule has 6 rings (SSSR count). The van der Waals surface area contributed by atoms with Crippen molar-refractivity contribution in [1.82, 2.24) is 19.9 Å². The first-order valence-electron chi connectivity index (χ1n) is 12.2. The molecule has 1 aliphatic heterocycles. The van der Waals surface area contributed by atoms with E-state index in [1.165, 1.54) is 38.5 Å². The van der Waals surface area contributed by atoms with Gasteiger partial charge in [0.2, 0.25) is 5.91 Å². The van der Waals surface area contributed by atoms with Crippen molar-refractivity contribution in [3.63, 3.8) is 0 Å². The van der Waals surface area contributed by atoms with Crippen molar-refractivity contribution >= 4 is 17.1 Å². The number of H-pyrrole nitrogens is 1. The Bertz CT molecular complexity index is 1030. The third-order valence-corrected chi connectivity index (χ3v) is 9.98. The van der Waals surface area contributed by atoms with E-state index in [0.29, 0.717) is 17.9 Å². The molecule has 0 bridgehead atoms. The van der Waals surface area contributed by atoms with Crippen LogP contribution in [0.1, 0.15) is 70.5 Å². The number of nitrogens with zero attached hydrogens (tertiary/aromatic N) is 3. The number of hydrogen-bond donors (Lipinski definition) is 1. The Morgan fingerprint density at radius 3 is 2.84 bits per heavy atom. The van der Waals surface area contributed by atoms with Crippen molar-refractivity contribution in [3.8, 4) is 0 Å². The van der Waals surface area contributed by atoms with Gasteiger partial charge in [0, 0.05) is 30.6 Å². The molecule has 164 valence electrons. The topological polar surface area (TPSA) is 61.9 Å². The number of pyridine rings is 1. The molecular formula is C26H34N4O. The summed E-state index contributed by atoms with van der Waals surface area (Å²) in [7, 11) is 2.01. The molecule has 2 aromatic rings. The van der Waals surface area contributed by atoms with Gasteiger partial charge in [-0.05, 0) is 79.9 Å². The normalized spacial score (nSPS) is 42.2. The molecular weight excluding hydrogens is 384 g/mol. The molecule has 4 unspecified atom stereocenters. The highest BCUT2D eigenvalue weighted by molar-refractivity contribution is 5.89. The van der Waals surface area contributed by atoms with E-state index >= 15 is 0 Å². The Balaban J connectivity index is 1.35. The quantitative estimate of drug-likeness (QED) is 0.703. The van der Waals surface area contributed by atoms with Crippen LogP contribution in [0.15, 0.2) is 30.5 Å². The number of fused-ring (bicyclic) bond motifs is 6. The first kappa shape index (κ1) is 19.5. The van der Waals surface area contributed by atoms with Crippen LogP contribution in [0.4, 0.5) is 0 Å². The summed E-state index contributed by atoms with van der Waals surface area (Å²) in [6, 6.07) is 4.43. The van der Waals surface area contributed by atoms with E-state index in [4.69, 9.17) is 4.98 Å². The molecule has 0 spiro atoms. The monoisotopic (exact) mass is 418 g/mol. The maximum absolute atomic E-state index is 12.3. The molecule has 3 aliphatic carbocycles. The van der Waals surface area contributed by atoms with E-state index in [1.54, 1.807) is 0 Å². The molecule has 1 amide bonds. The van der Waals surface area contributed by atoms with E-state index in [9.17, 15) is 4.79 Å². The molecule has 1 N–H and O–H groups in total. The molecule has 0 radical (unpaired) electrons. The first-order valence-corrected chi connectivity index (χ1v) is 12.2. The standard InChI is InChI=1S/C26H34N4O/c1-25-13-11-18-16(9-10-21-26(18,2)14-12-22(31)30(21)3)17(25)6-4-7-19(25)23-28-20-8-5-15-27-24(20)29-23/h5,8,12,14-19,21H,4,6-7,9-11,13H2,1-3H3,(H,27,28,29)/t16?,17?,18?,19-,21?,25+,26-/m1/s1. The summed E-state index contributed by atoms with van der Waals surface area (Å²) in [5, 5.41) is 0. The number of imidazole rings is 1. The molecule has 2 aromatic heterocycles. The van der Waals surface area contributed by atoms with E-state index in [0.717, 1.165) is 35.2 Å². The maximum Gasteiger partial charge on any atom is 0.246 e. The highest BCUT2D eigenvalue weighted by atomic mass is 16.2. The average Bonchev–Trinajstić information content (AvgIpc) is 3.19. The number of amides is 1. The number of carbonyl (C=O) groups excluding carboxylic acids is 1. The molecule has 0 aromatic carbocycles. The van der Waals surface area contributed by atoms with Crippen LogP contribution in [0.25, 0.3) is 11.2 Å². The predicted octanol–water partition coefficient (Wildman–Crippen LogP) is 5.07. The minimum absolute atomic E-state index is 0.114. The lowest BCUT2D eigenvalue weighted by atomic mass is 9.43. The van der Waals surface area contributed by atoms with Crippen LogP contribution in [0.5, 0.6) is 0 Å². The number of likely N-dealkylation sites (N-methyl/N-ethyl adjacent to an activating group) is 1. The lowest BCUT2D eigenvalue weighted by Gasteiger charge is -2.63. The SMILES string of the molecule is CN1C(=O)C=C[C@]2(C)C3CC[C@@]4(C)C(CCC[C@@H]4c4nc5ncccc5[nH]4)C3CCC12. The number of rotatable bonds is 1. The highest BCUT2D eigenvalue weighted by Crippen LogP contribution is 2.65. The van der Waals surface area contributed by atoms with E-state index < -0.39 is 0 Å². The fraction of sp³-hybridized carbons (Fsp3) is 0.654. The van der Waals surface area contributed by atoms with Gasteiger partial charge in [-0.2, -0.15) is 0 Å². The number of carbonyl (C=O) groups is 1. The van der Waals surface area contributed by atoms with Gasteiger partial charge in [-0.3, -0.25) is 4.79 Å². The zero-order valence-electron chi connectivity index (χ0n) is 19.0. The van der Waals surface area contributed by atoms with Crippen molar-refractivity contribution in [1.29, 1.82) is 0 Å². The van der Waals surface area contributed by atoms with Gasteiger partial charge >= 0.3 is 0 Å². The summed E-state index contributed by atoms with van der Waals surface area (Å²) < 4.78 is 0. The molecule has 3 fully saturated rings. The van der Waals surface area contributed by atoms with Gasteiger partial charge in [0.05, 0.1) is 5.52 Å². The zero-order valence-corrected chi connectivity index (χ0v) is 19.0. The van der Waals surface area contributed by atoms with Crippen LogP contribution in [0.3, 0.4) is 0 Å². The summed E-state index contributed by atoms with van der Waals surface area (Å²) in [5.74, 6) is 3.97. The Hall–Kier alpha value is -2.17. The zero-order chi connectivity index (χ0) is 21.4. The Morgan fingerprint density at radius 2 is 2.00 bits per heavy atom. The second-order valence-electron chi connectivity index (χ2n) is 11.1. The van der Waals surface area contributed by atoms with Crippen molar-refractivity contribution < 1.29 is 4.79 Å². The van der Waals surface area contributed by atoms with Gasteiger partial charge in [-0.15, -0.1) is 0 Å². The van der Waals surface area contributed by atoms with Crippen LogP contribution in [0.2, 0.25) is 0 Å². The summed E-state index contributed by atoms with van der Waals surface area (Å²) >= 11 is 0. The van der Waals surface area contributed by atoms with Crippen LogP contribution < -0.4 is 0 Å². The van der Waals surface area contributed by atoms with Gasteiger partial charge in [-0.25, -0.2) is 9.97 Å². The smallest absolute Gasteiger partial charge is 0.246 e. The van der Waals surface area contributed by atoms with Gasteiger partial charge < -0.3 is 9.88 Å². The third kappa shape index (κ3) is 2.64. The molecule has 5 heteroatoms.